The van der Waals surface area contributed by atoms with Crippen LogP contribution in [0.3, 0.4) is 0 Å². The van der Waals surface area contributed by atoms with E-state index in [9.17, 15) is 9.90 Å². The highest BCUT2D eigenvalue weighted by Crippen LogP contribution is 2.23. The van der Waals surface area contributed by atoms with Crippen molar-refractivity contribution >= 4 is 17.5 Å². The Labute approximate surface area is 117 Å². The lowest BCUT2D eigenvalue weighted by Gasteiger charge is -2.30. The van der Waals surface area contributed by atoms with E-state index < -0.39 is 6.10 Å². The number of carbonyl (C=O) groups is 1. The molecule has 5 heteroatoms. The third-order valence-corrected chi connectivity index (χ3v) is 3.70. The van der Waals surface area contributed by atoms with Gasteiger partial charge in [0.2, 0.25) is 5.91 Å². The number of hydrogen-bond donors (Lipinski definition) is 1. The SMILES string of the molecule is COc1ccc(CC(=O)N2CCCC(O)C2)c(Cl)c1. The second-order valence-corrected chi connectivity index (χ2v) is 5.18. The molecule has 1 atom stereocenters. The molecule has 0 spiro atoms. The van der Waals surface area contributed by atoms with E-state index >= 15 is 0 Å². The van der Waals surface area contributed by atoms with E-state index in [4.69, 9.17) is 16.3 Å². The average molecular weight is 284 g/mol. The van der Waals surface area contributed by atoms with Crippen LogP contribution in [0.15, 0.2) is 18.2 Å². The number of aliphatic hydroxyl groups is 1. The van der Waals surface area contributed by atoms with Gasteiger partial charge in [-0.1, -0.05) is 17.7 Å². The van der Waals surface area contributed by atoms with Gasteiger partial charge in [-0.15, -0.1) is 0 Å². The number of nitrogens with zero attached hydrogens (tertiary/aromatic N) is 1. The highest BCUT2D eigenvalue weighted by atomic mass is 35.5. The van der Waals surface area contributed by atoms with Crippen molar-refractivity contribution in [3.05, 3.63) is 28.8 Å². The third-order valence-electron chi connectivity index (χ3n) is 3.35. The molecule has 4 nitrogen and oxygen atoms in total. The highest BCUT2D eigenvalue weighted by molar-refractivity contribution is 6.31. The summed E-state index contributed by atoms with van der Waals surface area (Å²) < 4.78 is 5.07. The maximum Gasteiger partial charge on any atom is 0.227 e. The van der Waals surface area contributed by atoms with Crippen molar-refractivity contribution in [2.45, 2.75) is 25.4 Å². The summed E-state index contributed by atoms with van der Waals surface area (Å²) in [4.78, 5) is 13.8. The van der Waals surface area contributed by atoms with Crippen molar-refractivity contribution in [2.75, 3.05) is 20.2 Å². The number of carbonyl (C=O) groups excluding carboxylic acids is 1. The molecule has 0 aromatic heterocycles. The minimum absolute atomic E-state index is 0.00539. The van der Waals surface area contributed by atoms with E-state index in [1.54, 1.807) is 30.2 Å². The fourth-order valence-electron chi connectivity index (χ4n) is 2.25. The van der Waals surface area contributed by atoms with E-state index in [2.05, 4.69) is 0 Å². The van der Waals surface area contributed by atoms with Gasteiger partial charge in [0, 0.05) is 18.1 Å². The van der Waals surface area contributed by atoms with Crippen LogP contribution in [0.1, 0.15) is 18.4 Å². The van der Waals surface area contributed by atoms with Crippen LogP contribution < -0.4 is 4.74 Å². The van der Waals surface area contributed by atoms with Gasteiger partial charge in [0.1, 0.15) is 5.75 Å². The molecule has 0 aliphatic carbocycles. The van der Waals surface area contributed by atoms with Crippen molar-refractivity contribution in [3.8, 4) is 5.75 Å². The van der Waals surface area contributed by atoms with Crippen LogP contribution in [0, 0.1) is 0 Å². The zero-order valence-corrected chi connectivity index (χ0v) is 11.7. The predicted molar refractivity (Wildman–Crippen MR) is 73.5 cm³/mol. The minimum Gasteiger partial charge on any atom is -0.497 e. The van der Waals surface area contributed by atoms with Crippen LogP contribution in [0.25, 0.3) is 0 Å². The normalized spacial score (nSPS) is 19.3. The number of methoxy groups -OCH3 is 1. The Hall–Kier alpha value is -1.26. The zero-order chi connectivity index (χ0) is 13.8. The van der Waals surface area contributed by atoms with Gasteiger partial charge in [-0.2, -0.15) is 0 Å². The summed E-state index contributed by atoms with van der Waals surface area (Å²) >= 11 is 6.12. The lowest BCUT2D eigenvalue weighted by Crippen LogP contribution is -2.42. The largest absolute Gasteiger partial charge is 0.497 e. The number of piperidine rings is 1. The first-order chi connectivity index (χ1) is 9.10. The monoisotopic (exact) mass is 283 g/mol. The van der Waals surface area contributed by atoms with Crippen LogP contribution in [0.2, 0.25) is 5.02 Å². The van der Waals surface area contributed by atoms with Crippen LogP contribution in [0.4, 0.5) is 0 Å². The molecule has 0 saturated carbocycles. The predicted octanol–water partition coefficient (Wildman–Crippen LogP) is 1.87. The number of β-amino-alcohol motifs (C(OH)–C–C–N with tert-alkyl or cyclic N) is 1. The molecule has 1 saturated heterocycles. The first kappa shape index (κ1) is 14.2. The van der Waals surface area contributed by atoms with Gasteiger partial charge in [0.15, 0.2) is 0 Å². The molecule has 1 fully saturated rings. The number of hydrogen-bond acceptors (Lipinski definition) is 3. The number of amides is 1. The Kier molecular flexibility index (Phi) is 4.66. The molecule has 2 rings (SSSR count). The molecule has 0 bridgehead atoms. The number of aliphatic hydroxyl groups excluding tert-OH is 1. The summed E-state index contributed by atoms with van der Waals surface area (Å²) in [5, 5.41) is 10.1. The van der Waals surface area contributed by atoms with Crippen LogP contribution in [-0.4, -0.2) is 42.2 Å². The number of halogens is 1. The van der Waals surface area contributed by atoms with Gasteiger partial charge in [-0.3, -0.25) is 4.79 Å². The minimum atomic E-state index is -0.399. The van der Waals surface area contributed by atoms with E-state index in [0.717, 1.165) is 18.4 Å². The lowest BCUT2D eigenvalue weighted by atomic mass is 10.1. The Balaban J connectivity index is 2.02. The first-order valence-electron chi connectivity index (χ1n) is 6.38. The summed E-state index contributed by atoms with van der Waals surface area (Å²) in [5.41, 5.74) is 0.785. The van der Waals surface area contributed by atoms with E-state index in [1.165, 1.54) is 0 Å². The Morgan fingerprint density at radius 3 is 3.00 bits per heavy atom. The van der Waals surface area contributed by atoms with E-state index in [1.807, 2.05) is 0 Å². The molecule has 1 heterocycles. The fourth-order valence-corrected chi connectivity index (χ4v) is 2.49. The lowest BCUT2D eigenvalue weighted by molar-refractivity contribution is -0.133. The molecule has 1 amide bonds. The molecular formula is C14H18ClNO3. The molecule has 1 unspecified atom stereocenters. The topological polar surface area (TPSA) is 49.8 Å². The summed E-state index contributed by atoms with van der Waals surface area (Å²) in [6, 6.07) is 5.30. The van der Waals surface area contributed by atoms with Gasteiger partial charge < -0.3 is 14.7 Å². The smallest absolute Gasteiger partial charge is 0.227 e. The Morgan fingerprint density at radius 2 is 2.37 bits per heavy atom. The molecule has 19 heavy (non-hydrogen) atoms. The zero-order valence-electron chi connectivity index (χ0n) is 10.9. The molecule has 1 aromatic carbocycles. The van der Waals surface area contributed by atoms with Gasteiger partial charge in [0.25, 0.3) is 0 Å². The van der Waals surface area contributed by atoms with Gasteiger partial charge in [-0.25, -0.2) is 0 Å². The molecule has 104 valence electrons. The van der Waals surface area contributed by atoms with Gasteiger partial charge >= 0.3 is 0 Å². The van der Waals surface area contributed by atoms with Crippen LogP contribution in [0.5, 0.6) is 5.75 Å². The van der Waals surface area contributed by atoms with Crippen molar-refractivity contribution in [3.63, 3.8) is 0 Å². The number of benzene rings is 1. The Bertz CT molecular complexity index is 464. The van der Waals surface area contributed by atoms with Crippen LogP contribution >= 0.6 is 11.6 Å². The van der Waals surface area contributed by atoms with E-state index in [-0.39, 0.29) is 12.3 Å². The molecule has 1 aliphatic rings. The maximum absolute atomic E-state index is 12.1. The maximum atomic E-state index is 12.1. The molecular weight excluding hydrogens is 266 g/mol. The number of rotatable bonds is 3. The Morgan fingerprint density at radius 1 is 1.58 bits per heavy atom. The van der Waals surface area contributed by atoms with Gasteiger partial charge in [0.05, 0.1) is 19.6 Å². The molecule has 1 aromatic rings. The second-order valence-electron chi connectivity index (χ2n) is 4.77. The van der Waals surface area contributed by atoms with Gasteiger partial charge in [-0.05, 0) is 30.5 Å². The summed E-state index contributed by atoms with van der Waals surface area (Å²) in [6.45, 7) is 1.14. The molecule has 0 radical (unpaired) electrons. The fraction of sp³-hybridized carbons (Fsp3) is 0.500. The number of likely N-dealkylation sites (tertiary alicyclic amines) is 1. The highest BCUT2D eigenvalue weighted by Gasteiger charge is 2.22. The van der Waals surface area contributed by atoms with Crippen LogP contribution in [-0.2, 0) is 11.2 Å². The van der Waals surface area contributed by atoms with Crippen molar-refractivity contribution in [2.24, 2.45) is 0 Å². The van der Waals surface area contributed by atoms with Crippen molar-refractivity contribution in [1.29, 1.82) is 0 Å². The molecule has 1 N–H and O–H groups in total. The standard InChI is InChI=1S/C14H18ClNO3/c1-19-12-5-4-10(13(15)8-12)7-14(18)16-6-2-3-11(17)9-16/h4-5,8,11,17H,2-3,6-7,9H2,1H3. The van der Waals surface area contributed by atoms with Crippen molar-refractivity contribution in [1.82, 2.24) is 4.90 Å². The summed E-state index contributed by atoms with van der Waals surface area (Å²) in [5.74, 6) is 0.681. The quantitative estimate of drug-likeness (QED) is 0.921. The molecule has 1 aliphatic heterocycles. The van der Waals surface area contributed by atoms with E-state index in [0.29, 0.717) is 23.9 Å². The first-order valence-corrected chi connectivity index (χ1v) is 6.76. The average Bonchev–Trinajstić information content (AvgIpc) is 2.41. The third kappa shape index (κ3) is 3.61. The summed E-state index contributed by atoms with van der Waals surface area (Å²) in [6.07, 6.45) is 1.48. The second kappa shape index (κ2) is 6.26. The summed E-state index contributed by atoms with van der Waals surface area (Å²) in [7, 11) is 1.58. The van der Waals surface area contributed by atoms with Crippen molar-refractivity contribution < 1.29 is 14.6 Å². The number of ether oxygens (including phenoxy) is 1.